The van der Waals surface area contributed by atoms with Crippen molar-refractivity contribution in [1.29, 1.82) is 0 Å². The molecular weight excluding hydrogens is 234 g/mol. The molecule has 0 spiro atoms. The highest BCUT2D eigenvalue weighted by atomic mass is 79.9. The molecule has 1 atom stereocenters. The number of nitrogens with two attached hydrogens (primary N) is 1. The zero-order valence-corrected chi connectivity index (χ0v) is 8.91. The van der Waals surface area contributed by atoms with Gasteiger partial charge in [0.1, 0.15) is 5.75 Å². The third kappa shape index (κ3) is 2.21. The van der Waals surface area contributed by atoms with E-state index in [9.17, 15) is 0 Å². The van der Waals surface area contributed by atoms with Crippen molar-refractivity contribution in [3.63, 3.8) is 0 Å². The molecule has 0 aliphatic carbocycles. The maximum absolute atomic E-state index is 8.89. The van der Waals surface area contributed by atoms with E-state index < -0.39 is 0 Å². The van der Waals surface area contributed by atoms with Crippen molar-refractivity contribution >= 4 is 15.9 Å². The normalized spacial score (nSPS) is 12.6. The second kappa shape index (κ2) is 4.60. The smallest absolute Gasteiger partial charge is 0.133 e. The SMILES string of the molecule is COc1cccc(C(N)CO)c1Br. The van der Waals surface area contributed by atoms with E-state index in [1.807, 2.05) is 18.2 Å². The van der Waals surface area contributed by atoms with E-state index in [4.69, 9.17) is 15.6 Å². The van der Waals surface area contributed by atoms with E-state index >= 15 is 0 Å². The molecule has 1 aromatic rings. The van der Waals surface area contributed by atoms with Crippen LogP contribution >= 0.6 is 15.9 Å². The topological polar surface area (TPSA) is 55.5 Å². The van der Waals surface area contributed by atoms with Crippen LogP contribution < -0.4 is 10.5 Å². The fourth-order valence-corrected chi connectivity index (χ4v) is 1.79. The zero-order chi connectivity index (χ0) is 9.84. The van der Waals surface area contributed by atoms with Crippen LogP contribution in [0.2, 0.25) is 0 Å². The summed E-state index contributed by atoms with van der Waals surface area (Å²) in [5.41, 5.74) is 6.53. The van der Waals surface area contributed by atoms with Gasteiger partial charge in [0.25, 0.3) is 0 Å². The van der Waals surface area contributed by atoms with Crippen LogP contribution in [-0.4, -0.2) is 18.8 Å². The Kier molecular flexibility index (Phi) is 3.71. The van der Waals surface area contributed by atoms with Crippen molar-refractivity contribution in [3.8, 4) is 5.75 Å². The Bertz CT molecular complexity index is 291. The molecule has 3 N–H and O–H groups in total. The molecule has 4 heteroatoms. The molecule has 0 radical (unpaired) electrons. The maximum Gasteiger partial charge on any atom is 0.133 e. The number of aliphatic hydroxyl groups is 1. The van der Waals surface area contributed by atoms with E-state index in [1.54, 1.807) is 7.11 Å². The quantitative estimate of drug-likeness (QED) is 0.848. The van der Waals surface area contributed by atoms with Crippen LogP contribution in [0.3, 0.4) is 0 Å². The molecular formula is C9H12BrNO2. The second-order valence-corrected chi connectivity index (χ2v) is 3.45. The minimum absolute atomic E-state index is 0.0776. The highest BCUT2D eigenvalue weighted by Crippen LogP contribution is 2.31. The molecule has 72 valence electrons. The van der Waals surface area contributed by atoms with Crippen molar-refractivity contribution in [2.24, 2.45) is 5.73 Å². The zero-order valence-electron chi connectivity index (χ0n) is 7.33. The number of ether oxygens (including phenoxy) is 1. The lowest BCUT2D eigenvalue weighted by atomic mass is 10.1. The Balaban J connectivity index is 3.08. The Hall–Kier alpha value is -0.580. The molecule has 0 saturated carbocycles. The number of halogens is 1. The Morgan fingerprint density at radius 3 is 2.85 bits per heavy atom. The number of rotatable bonds is 3. The standard InChI is InChI=1S/C9H12BrNO2/c1-13-8-4-2-3-6(9(8)10)7(11)5-12/h2-4,7,12H,5,11H2,1H3. The number of aliphatic hydroxyl groups excluding tert-OH is 1. The summed E-state index contributed by atoms with van der Waals surface area (Å²) in [6.45, 7) is -0.0776. The van der Waals surface area contributed by atoms with E-state index in [2.05, 4.69) is 15.9 Å². The lowest BCUT2D eigenvalue weighted by molar-refractivity contribution is 0.267. The van der Waals surface area contributed by atoms with Gasteiger partial charge in [-0.25, -0.2) is 0 Å². The molecule has 0 heterocycles. The van der Waals surface area contributed by atoms with Crippen LogP contribution in [0.4, 0.5) is 0 Å². The summed E-state index contributed by atoms with van der Waals surface area (Å²) < 4.78 is 5.90. The largest absolute Gasteiger partial charge is 0.496 e. The van der Waals surface area contributed by atoms with Gasteiger partial charge in [0.2, 0.25) is 0 Å². The number of hydrogen-bond donors (Lipinski definition) is 2. The van der Waals surface area contributed by atoms with Crippen LogP contribution in [-0.2, 0) is 0 Å². The van der Waals surface area contributed by atoms with Gasteiger partial charge in [0, 0.05) is 0 Å². The van der Waals surface area contributed by atoms with Gasteiger partial charge in [-0.15, -0.1) is 0 Å². The first-order chi connectivity index (χ1) is 6.20. The fourth-order valence-electron chi connectivity index (χ4n) is 1.07. The van der Waals surface area contributed by atoms with Crippen molar-refractivity contribution in [2.75, 3.05) is 13.7 Å². The summed E-state index contributed by atoms with van der Waals surface area (Å²) in [6.07, 6.45) is 0. The monoisotopic (exact) mass is 245 g/mol. The number of hydrogen-bond acceptors (Lipinski definition) is 3. The Labute approximate surface area is 85.6 Å². The van der Waals surface area contributed by atoms with Crippen molar-refractivity contribution in [1.82, 2.24) is 0 Å². The van der Waals surface area contributed by atoms with Gasteiger partial charge in [-0.1, -0.05) is 12.1 Å². The highest BCUT2D eigenvalue weighted by Gasteiger charge is 2.11. The molecule has 0 amide bonds. The first-order valence-electron chi connectivity index (χ1n) is 3.89. The molecule has 1 unspecified atom stereocenters. The molecule has 13 heavy (non-hydrogen) atoms. The molecule has 1 aromatic carbocycles. The van der Waals surface area contributed by atoms with Crippen LogP contribution in [0.15, 0.2) is 22.7 Å². The number of benzene rings is 1. The minimum atomic E-state index is -0.371. The predicted molar refractivity (Wildman–Crippen MR) is 54.7 cm³/mol. The molecule has 0 fully saturated rings. The van der Waals surface area contributed by atoms with Gasteiger partial charge >= 0.3 is 0 Å². The van der Waals surface area contributed by atoms with Gasteiger partial charge in [-0.2, -0.15) is 0 Å². The van der Waals surface area contributed by atoms with Crippen molar-refractivity contribution in [2.45, 2.75) is 6.04 Å². The summed E-state index contributed by atoms with van der Waals surface area (Å²) >= 11 is 3.37. The summed E-state index contributed by atoms with van der Waals surface area (Å²) in [6, 6.07) is 5.16. The van der Waals surface area contributed by atoms with Crippen LogP contribution in [0, 0.1) is 0 Å². The van der Waals surface area contributed by atoms with Crippen molar-refractivity contribution in [3.05, 3.63) is 28.2 Å². The van der Waals surface area contributed by atoms with E-state index in [0.29, 0.717) is 0 Å². The molecule has 0 aliphatic heterocycles. The fraction of sp³-hybridized carbons (Fsp3) is 0.333. The van der Waals surface area contributed by atoms with E-state index in [-0.39, 0.29) is 12.6 Å². The first kappa shape index (κ1) is 10.5. The third-order valence-electron chi connectivity index (χ3n) is 1.81. The van der Waals surface area contributed by atoms with Gasteiger partial charge in [-0.3, -0.25) is 0 Å². The summed E-state index contributed by atoms with van der Waals surface area (Å²) in [5, 5.41) is 8.89. The summed E-state index contributed by atoms with van der Waals surface area (Å²) in [4.78, 5) is 0. The molecule has 0 aromatic heterocycles. The van der Waals surface area contributed by atoms with Crippen LogP contribution in [0.25, 0.3) is 0 Å². The average molecular weight is 246 g/mol. The number of methoxy groups -OCH3 is 1. The third-order valence-corrected chi connectivity index (χ3v) is 2.66. The first-order valence-corrected chi connectivity index (χ1v) is 4.68. The molecule has 1 rings (SSSR count). The molecule has 0 saturated heterocycles. The van der Waals surface area contributed by atoms with E-state index in [1.165, 1.54) is 0 Å². The van der Waals surface area contributed by atoms with Crippen LogP contribution in [0.1, 0.15) is 11.6 Å². The maximum atomic E-state index is 8.89. The van der Waals surface area contributed by atoms with Crippen LogP contribution in [0.5, 0.6) is 5.75 Å². The lowest BCUT2D eigenvalue weighted by Gasteiger charge is -2.12. The van der Waals surface area contributed by atoms with E-state index in [0.717, 1.165) is 15.8 Å². The van der Waals surface area contributed by atoms with Gasteiger partial charge in [-0.05, 0) is 27.6 Å². The highest BCUT2D eigenvalue weighted by molar-refractivity contribution is 9.10. The van der Waals surface area contributed by atoms with Crippen molar-refractivity contribution < 1.29 is 9.84 Å². The minimum Gasteiger partial charge on any atom is -0.496 e. The average Bonchev–Trinajstić information content (AvgIpc) is 2.17. The molecule has 3 nitrogen and oxygen atoms in total. The summed E-state index contributed by atoms with van der Waals surface area (Å²) in [5.74, 6) is 0.724. The predicted octanol–water partition coefficient (Wildman–Crippen LogP) is 1.45. The summed E-state index contributed by atoms with van der Waals surface area (Å²) in [7, 11) is 1.59. The van der Waals surface area contributed by atoms with Gasteiger partial charge < -0.3 is 15.6 Å². The van der Waals surface area contributed by atoms with Gasteiger partial charge in [0.15, 0.2) is 0 Å². The lowest BCUT2D eigenvalue weighted by Crippen LogP contribution is -2.15. The second-order valence-electron chi connectivity index (χ2n) is 2.65. The molecule has 0 bridgehead atoms. The Morgan fingerprint density at radius 2 is 2.31 bits per heavy atom. The molecule has 0 aliphatic rings. The van der Waals surface area contributed by atoms with Gasteiger partial charge in [0.05, 0.1) is 24.2 Å². The Morgan fingerprint density at radius 1 is 1.62 bits per heavy atom.